The Labute approximate surface area is 188 Å². The van der Waals surface area contributed by atoms with E-state index in [1.54, 1.807) is 6.07 Å². The van der Waals surface area contributed by atoms with Crippen LogP contribution in [0.1, 0.15) is 46.0 Å². The topological polar surface area (TPSA) is 51.5 Å². The summed E-state index contributed by atoms with van der Waals surface area (Å²) >= 11 is 0. The number of nitrogens with zero attached hydrogens (tertiary/aromatic N) is 2. The Balaban J connectivity index is 1.73. The second-order valence-corrected chi connectivity index (χ2v) is 8.01. The van der Waals surface area contributed by atoms with Gasteiger partial charge in [0.2, 0.25) is 0 Å². The first-order valence-corrected chi connectivity index (χ1v) is 10.8. The van der Waals surface area contributed by atoms with Crippen molar-refractivity contribution in [1.82, 2.24) is 4.98 Å². The molecular weight excluding hydrogens is 396 g/mol. The second kappa shape index (κ2) is 9.15. The zero-order chi connectivity index (χ0) is 22.7. The van der Waals surface area contributed by atoms with E-state index in [0.717, 1.165) is 33.4 Å². The molecule has 0 aliphatic heterocycles. The van der Waals surface area contributed by atoms with Gasteiger partial charge < -0.3 is 4.84 Å². The average molecular weight is 423 g/mol. The molecule has 0 radical (unpaired) electrons. The number of pyridine rings is 1. The van der Waals surface area contributed by atoms with Crippen molar-refractivity contribution in [3.05, 3.63) is 101 Å². The minimum Gasteiger partial charge on any atom is -0.312 e. The largest absolute Gasteiger partial charge is 0.366 e. The van der Waals surface area contributed by atoms with Crippen LogP contribution in [-0.4, -0.2) is 16.7 Å². The number of oxime groups is 1. The molecule has 3 aromatic carbocycles. The summed E-state index contributed by atoms with van der Waals surface area (Å²) in [6.45, 7) is 8.18. The van der Waals surface area contributed by atoms with Gasteiger partial charge >= 0.3 is 5.97 Å². The van der Waals surface area contributed by atoms with Crippen LogP contribution in [0.4, 0.5) is 0 Å². The average Bonchev–Trinajstić information content (AvgIpc) is 2.81. The Kier molecular flexibility index (Phi) is 6.13. The fourth-order valence-corrected chi connectivity index (χ4v) is 3.61. The quantitative estimate of drug-likeness (QED) is 0.202. The number of benzene rings is 3. The molecule has 4 aromatic rings. The Morgan fingerprint density at radius 3 is 2.38 bits per heavy atom. The van der Waals surface area contributed by atoms with Crippen molar-refractivity contribution >= 4 is 22.6 Å². The summed E-state index contributed by atoms with van der Waals surface area (Å²) < 4.78 is 0. The number of rotatable bonds is 5. The first kappa shape index (κ1) is 21.4. The molecule has 0 spiro atoms. The summed E-state index contributed by atoms with van der Waals surface area (Å²) in [5.41, 5.74) is 8.13. The van der Waals surface area contributed by atoms with E-state index in [4.69, 9.17) is 9.82 Å². The van der Waals surface area contributed by atoms with Gasteiger partial charge in [0.15, 0.2) is 0 Å². The maximum absolute atomic E-state index is 13.1. The molecule has 0 saturated carbocycles. The van der Waals surface area contributed by atoms with Gasteiger partial charge in [0.25, 0.3) is 0 Å². The summed E-state index contributed by atoms with van der Waals surface area (Å²) in [7, 11) is 0. The Morgan fingerprint density at radius 2 is 1.66 bits per heavy atom. The smallest absolute Gasteiger partial charge is 0.312 e. The predicted octanol–water partition coefficient (Wildman–Crippen LogP) is 6.80. The third-order valence-corrected chi connectivity index (χ3v) is 5.70. The van der Waals surface area contributed by atoms with Crippen LogP contribution in [0.3, 0.4) is 0 Å². The molecule has 0 bridgehead atoms. The SMILES string of the molecule is CC/C(=N\OC(=O)c1cc(-c2ccc(C)c(C)c2)nc2ccccc12)c1ccc(C)cc1. The molecule has 4 nitrogen and oxygen atoms in total. The van der Waals surface area contributed by atoms with Crippen molar-refractivity contribution in [1.29, 1.82) is 0 Å². The van der Waals surface area contributed by atoms with Crippen LogP contribution in [0.25, 0.3) is 22.2 Å². The number of aromatic nitrogens is 1. The number of carbonyl (C=O) groups is 1. The van der Waals surface area contributed by atoms with Gasteiger partial charge in [-0.25, -0.2) is 9.78 Å². The minimum absolute atomic E-state index is 0.451. The minimum atomic E-state index is -0.494. The van der Waals surface area contributed by atoms with E-state index in [9.17, 15) is 4.79 Å². The lowest BCUT2D eigenvalue weighted by molar-refractivity contribution is 0.0518. The molecular formula is C28H26N2O2. The molecule has 0 amide bonds. The Morgan fingerprint density at radius 1 is 0.906 bits per heavy atom. The van der Waals surface area contributed by atoms with E-state index in [1.165, 1.54) is 16.7 Å². The highest BCUT2D eigenvalue weighted by Crippen LogP contribution is 2.27. The van der Waals surface area contributed by atoms with Crippen LogP contribution >= 0.6 is 0 Å². The number of carbonyl (C=O) groups excluding carboxylic acids is 1. The summed E-state index contributed by atoms with van der Waals surface area (Å²) in [6, 6.07) is 23.6. The number of para-hydroxylation sites is 1. The Bertz CT molecular complexity index is 1320. The number of hydrogen-bond donors (Lipinski definition) is 0. The maximum atomic E-state index is 13.1. The highest BCUT2D eigenvalue weighted by molar-refractivity contribution is 6.05. The van der Waals surface area contributed by atoms with E-state index >= 15 is 0 Å². The fourth-order valence-electron chi connectivity index (χ4n) is 3.61. The molecule has 32 heavy (non-hydrogen) atoms. The van der Waals surface area contributed by atoms with Crippen molar-refractivity contribution < 1.29 is 9.63 Å². The van der Waals surface area contributed by atoms with Crippen LogP contribution in [0.15, 0.2) is 78.0 Å². The fraction of sp³-hybridized carbons (Fsp3) is 0.179. The van der Waals surface area contributed by atoms with Crippen LogP contribution in [0.5, 0.6) is 0 Å². The van der Waals surface area contributed by atoms with Gasteiger partial charge in [0, 0.05) is 10.9 Å². The Hall–Kier alpha value is -3.79. The van der Waals surface area contributed by atoms with Crippen LogP contribution < -0.4 is 0 Å². The van der Waals surface area contributed by atoms with Gasteiger partial charge in [-0.2, -0.15) is 0 Å². The molecule has 0 aliphatic carbocycles. The van der Waals surface area contributed by atoms with Gasteiger partial charge in [-0.3, -0.25) is 0 Å². The first-order chi connectivity index (χ1) is 15.5. The molecule has 0 atom stereocenters. The number of aryl methyl sites for hydroxylation is 3. The molecule has 0 aliphatic rings. The van der Waals surface area contributed by atoms with E-state index in [0.29, 0.717) is 12.0 Å². The number of hydrogen-bond acceptors (Lipinski definition) is 4. The molecule has 4 rings (SSSR count). The summed E-state index contributed by atoms with van der Waals surface area (Å²) in [5, 5.41) is 4.94. The van der Waals surface area contributed by atoms with Crippen LogP contribution in [0, 0.1) is 20.8 Å². The van der Waals surface area contributed by atoms with Crippen LogP contribution in [-0.2, 0) is 4.84 Å². The van der Waals surface area contributed by atoms with E-state index in [-0.39, 0.29) is 0 Å². The summed E-state index contributed by atoms with van der Waals surface area (Å²) in [6.07, 6.45) is 0.654. The lowest BCUT2D eigenvalue weighted by atomic mass is 10.0. The lowest BCUT2D eigenvalue weighted by Crippen LogP contribution is -2.07. The molecule has 0 saturated heterocycles. The van der Waals surface area contributed by atoms with Gasteiger partial charge in [0.1, 0.15) is 0 Å². The highest BCUT2D eigenvalue weighted by Gasteiger charge is 2.16. The molecule has 4 heteroatoms. The summed E-state index contributed by atoms with van der Waals surface area (Å²) in [4.78, 5) is 23.3. The molecule has 0 fully saturated rings. The van der Waals surface area contributed by atoms with Crippen molar-refractivity contribution in [2.75, 3.05) is 0 Å². The molecule has 1 aromatic heterocycles. The molecule has 160 valence electrons. The number of fused-ring (bicyclic) bond motifs is 1. The zero-order valence-corrected chi connectivity index (χ0v) is 18.8. The van der Waals surface area contributed by atoms with Crippen LogP contribution in [0.2, 0.25) is 0 Å². The van der Waals surface area contributed by atoms with Gasteiger partial charge in [0.05, 0.1) is 22.5 Å². The van der Waals surface area contributed by atoms with Crippen molar-refractivity contribution in [2.45, 2.75) is 34.1 Å². The standard InChI is InChI=1S/C28H26N2O2/c1-5-25(21-13-10-18(2)11-14-21)30-32-28(31)24-17-27(22-15-12-19(3)20(4)16-22)29-26-9-7-6-8-23(24)26/h6-17H,5H2,1-4H3/b30-25+. The summed E-state index contributed by atoms with van der Waals surface area (Å²) in [5.74, 6) is -0.494. The van der Waals surface area contributed by atoms with Crippen molar-refractivity contribution in [3.63, 3.8) is 0 Å². The van der Waals surface area contributed by atoms with Gasteiger partial charge in [-0.05, 0) is 62.1 Å². The van der Waals surface area contributed by atoms with E-state index in [1.807, 2.05) is 68.4 Å². The lowest BCUT2D eigenvalue weighted by Gasteiger charge is -2.10. The zero-order valence-electron chi connectivity index (χ0n) is 18.8. The van der Waals surface area contributed by atoms with E-state index in [2.05, 4.69) is 31.1 Å². The van der Waals surface area contributed by atoms with E-state index < -0.39 is 5.97 Å². The second-order valence-electron chi connectivity index (χ2n) is 8.01. The molecule has 0 unspecified atom stereocenters. The molecule has 0 N–H and O–H groups in total. The maximum Gasteiger partial charge on any atom is 0.366 e. The van der Waals surface area contributed by atoms with Gasteiger partial charge in [-0.1, -0.05) is 72.2 Å². The monoisotopic (exact) mass is 422 g/mol. The third-order valence-electron chi connectivity index (χ3n) is 5.70. The first-order valence-electron chi connectivity index (χ1n) is 10.8. The van der Waals surface area contributed by atoms with Crippen molar-refractivity contribution in [2.24, 2.45) is 5.16 Å². The van der Waals surface area contributed by atoms with Gasteiger partial charge in [-0.15, -0.1) is 0 Å². The normalized spacial score (nSPS) is 11.6. The third kappa shape index (κ3) is 4.45. The predicted molar refractivity (Wildman–Crippen MR) is 130 cm³/mol. The molecule has 1 heterocycles. The van der Waals surface area contributed by atoms with Crippen molar-refractivity contribution in [3.8, 4) is 11.3 Å². The highest BCUT2D eigenvalue weighted by atomic mass is 16.7.